The molecule has 0 amide bonds. The molecule has 0 spiro atoms. The first-order valence-electron chi connectivity index (χ1n) is 10.1. The second-order valence-corrected chi connectivity index (χ2v) is 8.19. The third-order valence-electron chi connectivity index (χ3n) is 5.58. The molecule has 2 atom stereocenters. The van der Waals surface area contributed by atoms with Crippen molar-refractivity contribution < 1.29 is 18.2 Å². The van der Waals surface area contributed by atoms with E-state index >= 15 is 0 Å². The van der Waals surface area contributed by atoms with E-state index in [1.165, 1.54) is 23.3 Å². The van der Waals surface area contributed by atoms with E-state index in [1.807, 2.05) is 24.3 Å². The molecule has 3 rings (SSSR count). The molecule has 0 radical (unpaired) electrons. The SMILES string of the molecule is CCCC(CC)(c1ccc(OC)cc1)c1ccc(Oc2ccc(S(=O)[O-])cc2)cc1. The van der Waals surface area contributed by atoms with Crippen molar-refractivity contribution in [1.82, 2.24) is 0 Å². The molecule has 0 aliphatic rings. The van der Waals surface area contributed by atoms with Gasteiger partial charge < -0.3 is 14.0 Å². The lowest BCUT2D eigenvalue weighted by molar-refractivity contribution is 0.412. The summed E-state index contributed by atoms with van der Waals surface area (Å²) in [4.78, 5) is 0.240. The zero-order valence-corrected chi connectivity index (χ0v) is 18.4. The van der Waals surface area contributed by atoms with Gasteiger partial charge in [-0.2, -0.15) is 0 Å². The Morgan fingerprint density at radius 1 is 0.800 bits per heavy atom. The van der Waals surface area contributed by atoms with Gasteiger partial charge in [-0.05, 0) is 83.6 Å². The highest BCUT2D eigenvalue weighted by Gasteiger charge is 2.31. The standard InChI is InChI=1S/C25H28O4S/c1-4-18-25(5-2,19-6-10-21(28-3)11-7-19)20-8-12-22(13-9-20)29-23-14-16-24(17-15-23)30(26)27/h6-17H,4-5,18H2,1-3H3,(H,26,27)/p-1. The van der Waals surface area contributed by atoms with E-state index in [0.717, 1.165) is 25.0 Å². The second kappa shape index (κ2) is 9.92. The van der Waals surface area contributed by atoms with Crippen molar-refractivity contribution in [3.63, 3.8) is 0 Å². The lowest BCUT2D eigenvalue weighted by Crippen LogP contribution is -2.26. The molecule has 158 valence electrons. The molecule has 0 aromatic heterocycles. The van der Waals surface area contributed by atoms with Gasteiger partial charge in [0.2, 0.25) is 0 Å². The molecule has 3 aromatic rings. The summed E-state index contributed by atoms with van der Waals surface area (Å²) in [6, 6.07) is 22.9. The minimum atomic E-state index is -2.23. The van der Waals surface area contributed by atoms with Crippen LogP contribution in [0, 0.1) is 0 Å². The third-order valence-corrected chi connectivity index (χ3v) is 6.24. The van der Waals surface area contributed by atoms with E-state index in [4.69, 9.17) is 9.47 Å². The zero-order valence-electron chi connectivity index (χ0n) is 17.6. The van der Waals surface area contributed by atoms with Crippen LogP contribution in [-0.2, 0) is 16.5 Å². The molecule has 0 bridgehead atoms. The van der Waals surface area contributed by atoms with Gasteiger partial charge in [0.05, 0.1) is 7.11 Å². The average Bonchev–Trinajstić information content (AvgIpc) is 2.78. The molecular formula is C25H27O4S-. The summed E-state index contributed by atoms with van der Waals surface area (Å²) in [5.74, 6) is 2.17. The molecule has 2 unspecified atom stereocenters. The maximum absolute atomic E-state index is 11.0. The molecule has 0 aliphatic carbocycles. The van der Waals surface area contributed by atoms with E-state index in [1.54, 1.807) is 19.2 Å². The van der Waals surface area contributed by atoms with Crippen LogP contribution in [0.3, 0.4) is 0 Å². The number of methoxy groups -OCH3 is 1. The van der Waals surface area contributed by atoms with Gasteiger partial charge in [0.1, 0.15) is 17.2 Å². The van der Waals surface area contributed by atoms with Crippen molar-refractivity contribution in [2.75, 3.05) is 7.11 Å². The summed E-state index contributed by atoms with van der Waals surface area (Å²) in [5.41, 5.74) is 2.46. The Hall–Kier alpha value is -2.63. The fraction of sp³-hybridized carbons (Fsp3) is 0.280. The highest BCUT2D eigenvalue weighted by atomic mass is 32.2. The van der Waals surface area contributed by atoms with E-state index in [0.29, 0.717) is 11.5 Å². The molecule has 3 aromatic carbocycles. The first-order valence-corrected chi connectivity index (χ1v) is 11.2. The van der Waals surface area contributed by atoms with Gasteiger partial charge in [-0.1, -0.05) is 44.5 Å². The first kappa shape index (κ1) is 22.1. The Morgan fingerprint density at radius 3 is 1.67 bits per heavy atom. The van der Waals surface area contributed by atoms with Crippen molar-refractivity contribution in [3.8, 4) is 17.2 Å². The first-order chi connectivity index (χ1) is 14.5. The van der Waals surface area contributed by atoms with Crippen LogP contribution in [0.15, 0.2) is 77.7 Å². The van der Waals surface area contributed by atoms with Crippen molar-refractivity contribution in [2.45, 2.75) is 43.4 Å². The molecule has 4 nitrogen and oxygen atoms in total. The smallest absolute Gasteiger partial charge is 0.127 e. The molecule has 0 saturated heterocycles. The predicted molar refractivity (Wildman–Crippen MR) is 119 cm³/mol. The van der Waals surface area contributed by atoms with Crippen LogP contribution < -0.4 is 9.47 Å². The van der Waals surface area contributed by atoms with Crippen LogP contribution in [0.5, 0.6) is 17.2 Å². The van der Waals surface area contributed by atoms with Crippen LogP contribution in [0.25, 0.3) is 0 Å². The monoisotopic (exact) mass is 423 g/mol. The fourth-order valence-electron chi connectivity index (χ4n) is 3.97. The van der Waals surface area contributed by atoms with Gasteiger partial charge in [0.15, 0.2) is 0 Å². The molecular weight excluding hydrogens is 396 g/mol. The average molecular weight is 424 g/mol. The van der Waals surface area contributed by atoms with E-state index in [9.17, 15) is 8.76 Å². The molecule has 0 saturated carbocycles. The number of hydrogen-bond donors (Lipinski definition) is 0. The van der Waals surface area contributed by atoms with Gasteiger partial charge >= 0.3 is 0 Å². The minimum absolute atomic E-state index is 0.0700. The quantitative estimate of drug-likeness (QED) is 0.383. The van der Waals surface area contributed by atoms with Crippen LogP contribution >= 0.6 is 0 Å². The van der Waals surface area contributed by atoms with Crippen molar-refractivity contribution in [2.24, 2.45) is 0 Å². The van der Waals surface area contributed by atoms with E-state index in [-0.39, 0.29) is 10.3 Å². The van der Waals surface area contributed by atoms with Gasteiger partial charge in [-0.25, -0.2) is 0 Å². The van der Waals surface area contributed by atoms with Gasteiger partial charge in [-0.3, -0.25) is 4.21 Å². The number of ether oxygens (including phenoxy) is 2. The number of benzene rings is 3. The van der Waals surface area contributed by atoms with Crippen LogP contribution in [-0.4, -0.2) is 15.9 Å². The largest absolute Gasteiger partial charge is 0.768 e. The summed E-state index contributed by atoms with van der Waals surface area (Å²) >= 11 is -2.23. The highest BCUT2D eigenvalue weighted by molar-refractivity contribution is 7.79. The normalized spacial score (nSPS) is 14.0. The molecule has 0 aliphatic heterocycles. The van der Waals surface area contributed by atoms with Gasteiger partial charge in [-0.15, -0.1) is 0 Å². The topological polar surface area (TPSA) is 58.6 Å². The lowest BCUT2D eigenvalue weighted by Gasteiger charge is -2.34. The van der Waals surface area contributed by atoms with E-state index < -0.39 is 11.1 Å². The van der Waals surface area contributed by atoms with Crippen LogP contribution in [0.2, 0.25) is 0 Å². The summed E-state index contributed by atoms with van der Waals surface area (Å²) in [6.07, 6.45) is 3.11. The third kappa shape index (κ3) is 4.74. The summed E-state index contributed by atoms with van der Waals surface area (Å²) < 4.78 is 33.2. The predicted octanol–water partition coefficient (Wildman–Crippen LogP) is 6.22. The molecule has 0 heterocycles. The van der Waals surface area contributed by atoms with E-state index in [2.05, 4.69) is 38.1 Å². The zero-order chi connectivity index (χ0) is 21.6. The minimum Gasteiger partial charge on any atom is -0.768 e. The summed E-state index contributed by atoms with van der Waals surface area (Å²) in [6.45, 7) is 4.44. The molecule has 0 N–H and O–H groups in total. The number of hydrogen-bond acceptors (Lipinski definition) is 4. The maximum Gasteiger partial charge on any atom is 0.127 e. The van der Waals surface area contributed by atoms with Crippen LogP contribution in [0.4, 0.5) is 0 Å². The Morgan fingerprint density at radius 2 is 1.27 bits per heavy atom. The maximum atomic E-state index is 11.0. The van der Waals surface area contributed by atoms with Crippen LogP contribution in [0.1, 0.15) is 44.2 Å². The van der Waals surface area contributed by atoms with Gasteiger partial charge in [0.25, 0.3) is 0 Å². The van der Waals surface area contributed by atoms with Crippen molar-refractivity contribution >= 4 is 11.1 Å². The molecule has 5 heteroatoms. The van der Waals surface area contributed by atoms with Crippen molar-refractivity contribution in [3.05, 3.63) is 83.9 Å². The molecule has 0 fully saturated rings. The molecule has 30 heavy (non-hydrogen) atoms. The Balaban J connectivity index is 1.87. The van der Waals surface area contributed by atoms with Crippen molar-refractivity contribution in [1.29, 1.82) is 0 Å². The Kier molecular flexibility index (Phi) is 7.29. The Labute approximate surface area is 181 Å². The highest BCUT2D eigenvalue weighted by Crippen LogP contribution is 2.41. The fourth-order valence-corrected chi connectivity index (χ4v) is 4.33. The Bertz CT molecular complexity index is 966. The second-order valence-electron chi connectivity index (χ2n) is 7.25. The lowest BCUT2D eigenvalue weighted by atomic mass is 9.69. The van der Waals surface area contributed by atoms with Gasteiger partial charge in [0, 0.05) is 10.3 Å². The summed E-state index contributed by atoms with van der Waals surface area (Å²) in [5, 5.41) is 0. The summed E-state index contributed by atoms with van der Waals surface area (Å²) in [7, 11) is 1.68. The number of rotatable bonds is 9.